The number of rotatable bonds is 2. The molecule has 104 valence electrons. The minimum Gasteiger partial charge on any atom is -0.383 e. The van der Waals surface area contributed by atoms with Crippen LogP contribution in [0.5, 0.6) is 0 Å². The average molecular weight is 287 g/mol. The second kappa shape index (κ2) is 5.81. The number of thioether (sulfide) groups is 1. The van der Waals surface area contributed by atoms with Gasteiger partial charge < -0.3 is 10.5 Å². The van der Waals surface area contributed by atoms with E-state index >= 15 is 0 Å². The molecule has 0 saturated carbocycles. The quantitative estimate of drug-likeness (QED) is 0.920. The van der Waals surface area contributed by atoms with Gasteiger partial charge in [0.15, 0.2) is 5.82 Å². The summed E-state index contributed by atoms with van der Waals surface area (Å²) in [5.41, 5.74) is 8.93. The summed E-state index contributed by atoms with van der Waals surface area (Å²) in [5.74, 6) is 3.15. The van der Waals surface area contributed by atoms with Crippen LogP contribution < -0.4 is 5.73 Å². The fourth-order valence-corrected chi connectivity index (χ4v) is 3.05. The molecule has 1 aliphatic heterocycles. The van der Waals surface area contributed by atoms with Crippen LogP contribution in [0.3, 0.4) is 0 Å². The van der Waals surface area contributed by atoms with E-state index in [0.717, 1.165) is 34.9 Å². The first-order chi connectivity index (χ1) is 9.75. The van der Waals surface area contributed by atoms with Crippen LogP contribution in [0.2, 0.25) is 0 Å². The van der Waals surface area contributed by atoms with Gasteiger partial charge in [-0.15, -0.1) is 0 Å². The second-order valence-electron chi connectivity index (χ2n) is 4.74. The van der Waals surface area contributed by atoms with E-state index in [9.17, 15) is 0 Å². The Morgan fingerprint density at radius 3 is 2.75 bits per heavy atom. The molecule has 1 unspecified atom stereocenters. The highest BCUT2D eigenvalue weighted by Gasteiger charge is 2.21. The van der Waals surface area contributed by atoms with Gasteiger partial charge in [0, 0.05) is 22.6 Å². The lowest BCUT2D eigenvalue weighted by Gasteiger charge is -2.22. The van der Waals surface area contributed by atoms with E-state index in [-0.39, 0.29) is 6.10 Å². The summed E-state index contributed by atoms with van der Waals surface area (Å²) in [4.78, 5) is 9.11. The van der Waals surface area contributed by atoms with Crippen molar-refractivity contribution in [3.8, 4) is 11.3 Å². The van der Waals surface area contributed by atoms with E-state index in [0.29, 0.717) is 11.6 Å². The first kappa shape index (κ1) is 13.4. The molecule has 1 aromatic carbocycles. The van der Waals surface area contributed by atoms with Gasteiger partial charge in [-0.25, -0.2) is 9.97 Å². The summed E-state index contributed by atoms with van der Waals surface area (Å²) in [5, 5.41) is 0. The number of ether oxygens (including phenoxy) is 1. The lowest BCUT2D eigenvalue weighted by atomic mass is 10.1. The molecule has 0 bridgehead atoms. The molecule has 20 heavy (non-hydrogen) atoms. The molecule has 0 aliphatic carbocycles. The topological polar surface area (TPSA) is 61.0 Å². The van der Waals surface area contributed by atoms with Crippen molar-refractivity contribution in [2.45, 2.75) is 13.0 Å². The van der Waals surface area contributed by atoms with E-state index in [1.807, 2.05) is 49.0 Å². The lowest BCUT2D eigenvalue weighted by molar-refractivity contribution is 0.0696. The fourth-order valence-electron chi connectivity index (χ4n) is 2.21. The Labute approximate surface area is 122 Å². The van der Waals surface area contributed by atoms with Crippen molar-refractivity contribution in [3.05, 3.63) is 41.7 Å². The summed E-state index contributed by atoms with van der Waals surface area (Å²) in [7, 11) is 0. The molecule has 1 aromatic heterocycles. The Bertz CT molecular complexity index is 598. The largest absolute Gasteiger partial charge is 0.383 e. The van der Waals surface area contributed by atoms with Gasteiger partial charge in [-0.05, 0) is 6.92 Å². The number of nitrogens with two attached hydrogens (primary N) is 1. The van der Waals surface area contributed by atoms with Crippen LogP contribution in [0.15, 0.2) is 30.3 Å². The Balaban J connectivity index is 2.03. The van der Waals surface area contributed by atoms with Gasteiger partial charge in [0.25, 0.3) is 0 Å². The minimum atomic E-state index is -0.0564. The summed E-state index contributed by atoms with van der Waals surface area (Å²) in [6, 6.07) is 10.1. The zero-order valence-corrected chi connectivity index (χ0v) is 12.2. The van der Waals surface area contributed by atoms with E-state index in [2.05, 4.69) is 4.98 Å². The van der Waals surface area contributed by atoms with Gasteiger partial charge in [-0.2, -0.15) is 11.8 Å². The zero-order chi connectivity index (χ0) is 13.9. The Morgan fingerprint density at radius 2 is 2.05 bits per heavy atom. The molecule has 3 rings (SSSR count). The predicted molar refractivity (Wildman–Crippen MR) is 82.6 cm³/mol. The van der Waals surface area contributed by atoms with Gasteiger partial charge >= 0.3 is 0 Å². The van der Waals surface area contributed by atoms with E-state index in [1.54, 1.807) is 0 Å². The van der Waals surface area contributed by atoms with Crippen LogP contribution in [0.4, 0.5) is 5.82 Å². The van der Waals surface area contributed by atoms with Crippen molar-refractivity contribution >= 4 is 17.6 Å². The molecule has 1 atom stereocenters. The van der Waals surface area contributed by atoms with Gasteiger partial charge in [-0.3, -0.25) is 0 Å². The molecule has 1 saturated heterocycles. The number of nitrogen functional groups attached to an aromatic ring is 1. The Morgan fingerprint density at radius 1 is 1.25 bits per heavy atom. The zero-order valence-electron chi connectivity index (χ0n) is 11.4. The van der Waals surface area contributed by atoms with E-state index in [1.165, 1.54) is 0 Å². The molecule has 0 radical (unpaired) electrons. The third kappa shape index (κ3) is 2.64. The number of hydrogen-bond acceptors (Lipinski definition) is 5. The molecule has 2 aromatic rings. The van der Waals surface area contributed by atoms with Crippen LogP contribution in [0.1, 0.15) is 17.5 Å². The van der Waals surface area contributed by atoms with Crippen LogP contribution in [-0.2, 0) is 4.74 Å². The second-order valence-corrected chi connectivity index (χ2v) is 5.89. The molecule has 0 amide bonds. The maximum absolute atomic E-state index is 6.05. The molecule has 2 heterocycles. The number of hydrogen-bond donors (Lipinski definition) is 1. The molecular weight excluding hydrogens is 270 g/mol. The molecular formula is C15H17N3OS. The van der Waals surface area contributed by atoms with Crippen LogP contribution in [0, 0.1) is 6.92 Å². The van der Waals surface area contributed by atoms with Gasteiger partial charge in [-0.1, -0.05) is 30.3 Å². The van der Waals surface area contributed by atoms with Gasteiger partial charge in [0.1, 0.15) is 11.9 Å². The van der Waals surface area contributed by atoms with Crippen molar-refractivity contribution in [1.29, 1.82) is 0 Å². The first-order valence-electron chi connectivity index (χ1n) is 6.64. The third-order valence-corrected chi connectivity index (χ3v) is 4.35. The predicted octanol–water partition coefficient (Wildman–Crippen LogP) is 2.84. The first-order valence-corrected chi connectivity index (χ1v) is 7.80. The Hall–Kier alpha value is -1.59. The SMILES string of the molecule is Cc1c(N)nc(C2CSCCO2)nc1-c1ccccc1. The highest BCUT2D eigenvalue weighted by molar-refractivity contribution is 7.99. The summed E-state index contributed by atoms with van der Waals surface area (Å²) < 4.78 is 5.75. The number of nitrogens with zero attached hydrogens (tertiary/aromatic N) is 2. The summed E-state index contributed by atoms with van der Waals surface area (Å²) in [6.07, 6.45) is -0.0564. The van der Waals surface area contributed by atoms with Crippen molar-refractivity contribution in [1.82, 2.24) is 9.97 Å². The maximum atomic E-state index is 6.05. The number of anilines is 1. The molecule has 1 aliphatic rings. The average Bonchev–Trinajstić information content (AvgIpc) is 2.51. The smallest absolute Gasteiger partial charge is 0.161 e. The summed E-state index contributed by atoms with van der Waals surface area (Å²) in [6.45, 7) is 2.70. The highest BCUT2D eigenvalue weighted by Crippen LogP contribution is 2.29. The van der Waals surface area contributed by atoms with Crippen molar-refractivity contribution in [2.75, 3.05) is 23.8 Å². The summed E-state index contributed by atoms with van der Waals surface area (Å²) >= 11 is 1.86. The standard InChI is InChI=1S/C15H17N3OS/c1-10-13(11-5-3-2-4-6-11)17-15(18-14(10)16)12-9-20-8-7-19-12/h2-6,12H,7-9H2,1H3,(H2,16,17,18). The molecule has 1 fully saturated rings. The number of benzene rings is 1. The van der Waals surface area contributed by atoms with Crippen LogP contribution in [-0.4, -0.2) is 28.1 Å². The minimum absolute atomic E-state index is 0.0564. The van der Waals surface area contributed by atoms with E-state index < -0.39 is 0 Å². The van der Waals surface area contributed by atoms with Crippen LogP contribution >= 0.6 is 11.8 Å². The Kier molecular flexibility index (Phi) is 3.89. The van der Waals surface area contributed by atoms with Crippen molar-refractivity contribution in [2.24, 2.45) is 0 Å². The normalized spacial score (nSPS) is 18.9. The molecule has 4 nitrogen and oxygen atoms in total. The van der Waals surface area contributed by atoms with Gasteiger partial charge in [0.2, 0.25) is 0 Å². The lowest BCUT2D eigenvalue weighted by Crippen LogP contribution is -2.19. The third-order valence-electron chi connectivity index (χ3n) is 3.35. The van der Waals surface area contributed by atoms with Crippen molar-refractivity contribution in [3.63, 3.8) is 0 Å². The fraction of sp³-hybridized carbons (Fsp3) is 0.333. The van der Waals surface area contributed by atoms with Crippen molar-refractivity contribution < 1.29 is 4.74 Å². The molecule has 2 N–H and O–H groups in total. The molecule has 5 heteroatoms. The maximum Gasteiger partial charge on any atom is 0.161 e. The highest BCUT2D eigenvalue weighted by atomic mass is 32.2. The molecule has 0 spiro atoms. The van der Waals surface area contributed by atoms with E-state index in [4.69, 9.17) is 15.5 Å². The monoisotopic (exact) mass is 287 g/mol. The van der Waals surface area contributed by atoms with Gasteiger partial charge in [0.05, 0.1) is 12.3 Å². The van der Waals surface area contributed by atoms with Crippen LogP contribution in [0.25, 0.3) is 11.3 Å². The number of aromatic nitrogens is 2.